The molecule has 2 N–H and O–H groups in total. The average Bonchev–Trinajstić information content (AvgIpc) is 2.42. The molecule has 2 rings (SSSR count). The summed E-state index contributed by atoms with van der Waals surface area (Å²) in [4.78, 5) is 12.0. The van der Waals surface area contributed by atoms with Crippen LogP contribution >= 0.6 is 0 Å². The Kier molecular flexibility index (Phi) is 4.23. The first-order valence-electron chi connectivity index (χ1n) is 5.99. The van der Waals surface area contributed by atoms with Crippen LogP contribution in [0.15, 0.2) is 48.5 Å². The lowest BCUT2D eigenvalue weighted by Crippen LogP contribution is -2.14. The Bertz CT molecular complexity index is 761. The number of carbonyl (C=O) groups excluding carboxylic acids is 1. The number of anilines is 2. The molecule has 0 bridgehead atoms. The SMILES string of the molecule is CS(=O)(=O)Nc1cc(NC(=O)c2ccccc2)ccc1F. The molecule has 0 spiro atoms. The van der Waals surface area contributed by atoms with Crippen molar-refractivity contribution in [3.05, 3.63) is 59.9 Å². The van der Waals surface area contributed by atoms with Gasteiger partial charge in [0.1, 0.15) is 5.82 Å². The van der Waals surface area contributed by atoms with Crippen molar-refractivity contribution in [1.82, 2.24) is 0 Å². The number of benzene rings is 2. The van der Waals surface area contributed by atoms with E-state index in [0.717, 1.165) is 12.3 Å². The molecule has 0 aromatic heterocycles. The smallest absolute Gasteiger partial charge is 0.255 e. The van der Waals surface area contributed by atoms with Crippen LogP contribution in [0.1, 0.15) is 10.4 Å². The summed E-state index contributed by atoms with van der Waals surface area (Å²) < 4.78 is 37.9. The summed E-state index contributed by atoms with van der Waals surface area (Å²) in [6.45, 7) is 0. The largest absolute Gasteiger partial charge is 0.322 e. The highest BCUT2D eigenvalue weighted by atomic mass is 32.2. The van der Waals surface area contributed by atoms with Crippen LogP contribution < -0.4 is 10.0 Å². The van der Waals surface area contributed by atoms with E-state index in [1.807, 2.05) is 4.72 Å². The standard InChI is InChI=1S/C14H13FN2O3S/c1-21(19,20)17-13-9-11(7-8-12(13)15)16-14(18)10-5-3-2-4-6-10/h2-9,17H,1H3,(H,16,18). The Hall–Kier alpha value is -2.41. The second-order valence-corrected chi connectivity index (χ2v) is 6.14. The van der Waals surface area contributed by atoms with Crippen LogP contribution in [0.4, 0.5) is 15.8 Å². The molecule has 0 radical (unpaired) electrons. The van der Waals surface area contributed by atoms with E-state index < -0.39 is 15.8 Å². The third-order valence-corrected chi connectivity index (χ3v) is 3.15. The Morgan fingerprint density at radius 3 is 2.38 bits per heavy atom. The predicted octanol–water partition coefficient (Wildman–Crippen LogP) is 2.45. The fraction of sp³-hybridized carbons (Fsp3) is 0.0714. The van der Waals surface area contributed by atoms with Gasteiger partial charge in [0.25, 0.3) is 5.91 Å². The van der Waals surface area contributed by atoms with Gasteiger partial charge in [-0.3, -0.25) is 9.52 Å². The van der Waals surface area contributed by atoms with E-state index in [4.69, 9.17) is 0 Å². The van der Waals surface area contributed by atoms with Crippen LogP contribution in [-0.4, -0.2) is 20.6 Å². The number of nitrogens with one attached hydrogen (secondary N) is 2. The lowest BCUT2D eigenvalue weighted by molar-refractivity contribution is 0.102. The van der Waals surface area contributed by atoms with Crippen LogP contribution in [0.5, 0.6) is 0 Å². The van der Waals surface area contributed by atoms with Gasteiger partial charge in [-0.1, -0.05) is 18.2 Å². The molecule has 0 atom stereocenters. The summed E-state index contributed by atoms with van der Waals surface area (Å²) >= 11 is 0. The van der Waals surface area contributed by atoms with Gasteiger partial charge in [-0.15, -0.1) is 0 Å². The van der Waals surface area contributed by atoms with E-state index in [1.165, 1.54) is 12.1 Å². The van der Waals surface area contributed by atoms with Crippen molar-refractivity contribution in [3.8, 4) is 0 Å². The van der Waals surface area contributed by atoms with Gasteiger partial charge in [-0.25, -0.2) is 12.8 Å². The first-order chi connectivity index (χ1) is 9.85. The molecule has 0 aliphatic rings. The van der Waals surface area contributed by atoms with Crippen molar-refractivity contribution in [2.24, 2.45) is 0 Å². The second kappa shape index (κ2) is 5.92. The van der Waals surface area contributed by atoms with Gasteiger partial charge in [0.2, 0.25) is 10.0 Å². The molecule has 0 unspecified atom stereocenters. The number of carbonyl (C=O) groups is 1. The van der Waals surface area contributed by atoms with Gasteiger partial charge >= 0.3 is 0 Å². The molecule has 0 fully saturated rings. The van der Waals surface area contributed by atoms with Gasteiger partial charge < -0.3 is 5.32 Å². The molecular weight excluding hydrogens is 295 g/mol. The van der Waals surface area contributed by atoms with Crippen molar-refractivity contribution in [3.63, 3.8) is 0 Å². The van der Waals surface area contributed by atoms with Crippen molar-refractivity contribution in [1.29, 1.82) is 0 Å². The number of halogens is 1. The molecule has 1 amide bonds. The molecule has 0 heterocycles. The summed E-state index contributed by atoms with van der Waals surface area (Å²) in [6, 6.07) is 12.1. The highest BCUT2D eigenvalue weighted by Crippen LogP contribution is 2.21. The normalized spacial score (nSPS) is 11.0. The monoisotopic (exact) mass is 308 g/mol. The highest BCUT2D eigenvalue weighted by molar-refractivity contribution is 7.92. The molecule has 21 heavy (non-hydrogen) atoms. The minimum atomic E-state index is -3.60. The molecule has 0 aliphatic heterocycles. The van der Waals surface area contributed by atoms with Crippen molar-refractivity contribution >= 4 is 27.3 Å². The molecule has 0 saturated carbocycles. The zero-order valence-electron chi connectivity index (χ0n) is 11.1. The molecule has 0 saturated heterocycles. The number of sulfonamides is 1. The zero-order chi connectivity index (χ0) is 15.5. The van der Waals surface area contributed by atoms with Crippen LogP contribution in [0.25, 0.3) is 0 Å². The quantitative estimate of drug-likeness (QED) is 0.911. The van der Waals surface area contributed by atoms with Crippen LogP contribution in [0.2, 0.25) is 0 Å². The molecule has 2 aromatic rings. The van der Waals surface area contributed by atoms with Crippen molar-refractivity contribution in [2.75, 3.05) is 16.3 Å². The minimum Gasteiger partial charge on any atom is -0.322 e. The van der Waals surface area contributed by atoms with E-state index in [2.05, 4.69) is 5.32 Å². The maximum absolute atomic E-state index is 13.5. The molecule has 0 aliphatic carbocycles. The molecular formula is C14H13FN2O3S. The summed E-state index contributed by atoms with van der Waals surface area (Å²) in [5.41, 5.74) is 0.513. The maximum atomic E-state index is 13.5. The minimum absolute atomic E-state index is 0.219. The molecule has 5 nitrogen and oxygen atoms in total. The first kappa shape index (κ1) is 15.0. The van der Waals surface area contributed by atoms with Gasteiger partial charge in [0, 0.05) is 11.3 Å². The molecule has 7 heteroatoms. The van der Waals surface area contributed by atoms with E-state index in [9.17, 15) is 17.6 Å². The topological polar surface area (TPSA) is 75.3 Å². The first-order valence-corrected chi connectivity index (χ1v) is 7.88. The summed E-state index contributed by atoms with van der Waals surface area (Å²) in [7, 11) is -3.60. The van der Waals surface area contributed by atoms with Crippen LogP contribution in [0, 0.1) is 5.82 Å². The third kappa shape index (κ3) is 4.28. The van der Waals surface area contributed by atoms with Crippen LogP contribution in [-0.2, 0) is 10.0 Å². The zero-order valence-corrected chi connectivity index (χ0v) is 11.9. The Balaban J connectivity index is 2.22. The third-order valence-electron chi connectivity index (χ3n) is 2.56. The molecule has 2 aromatic carbocycles. The summed E-state index contributed by atoms with van der Waals surface area (Å²) in [5.74, 6) is -1.09. The fourth-order valence-corrected chi connectivity index (χ4v) is 2.23. The van der Waals surface area contributed by atoms with Gasteiger partial charge in [-0.05, 0) is 30.3 Å². The van der Waals surface area contributed by atoms with Crippen molar-refractivity contribution < 1.29 is 17.6 Å². The predicted molar refractivity (Wildman–Crippen MR) is 79.3 cm³/mol. The Morgan fingerprint density at radius 2 is 1.76 bits per heavy atom. The Labute approximate surface area is 121 Å². The van der Waals surface area contributed by atoms with Gasteiger partial charge in [0.15, 0.2) is 0 Å². The van der Waals surface area contributed by atoms with Crippen molar-refractivity contribution in [2.45, 2.75) is 0 Å². The van der Waals surface area contributed by atoms with E-state index in [-0.39, 0.29) is 17.3 Å². The fourth-order valence-electron chi connectivity index (χ4n) is 1.67. The number of hydrogen-bond donors (Lipinski definition) is 2. The lowest BCUT2D eigenvalue weighted by atomic mass is 10.2. The lowest BCUT2D eigenvalue weighted by Gasteiger charge is -2.09. The summed E-state index contributed by atoms with van der Waals surface area (Å²) in [5, 5.41) is 2.57. The highest BCUT2D eigenvalue weighted by Gasteiger charge is 2.10. The maximum Gasteiger partial charge on any atom is 0.255 e. The Morgan fingerprint density at radius 1 is 1.10 bits per heavy atom. The van der Waals surface area contributed by atoms with Gasteiger partial charge in [0.05, 0.1) is 11.9 Å². The van der Waals surface area contributed by atoms with Crippen LogP contribution in [0.3, 0.4) is 0 Å². The van der Waals surface area contributed by atoms with E-state index in [0.29, 0.717) is 5.56 Å². The molecule has 110 valence electrons. The average molecular weight is 308 g/mol. The number of amides is 1. The van der Waals surface area contributed by atoms with E-state index >= 15 is 0 Å². The summed E-state index contributed by atoms with van der Waals surface area (Å²) in [6.07, 6.45) is 0.918. The number of rotatable bonds is 4. The number of hydrogen-bond acceptors (Lipinski definition) is 3. The second-order valence-electron chi connectivity index (χ2n) is 4.39. The van der Waals surface area contributed by atoms with E-state index in [1.54, 1.807) is 30.3 Å². The van der Waals surface area contributed by atoms with Gasteiger partial charge in [-0.2, -0.15) is 0 Å².